The lowest BCUT2D eigenvalue weighted by Crippen LogP contribution is -2.00. The zero-order chi connectivity index (χ0) is 9.80. The van der Waals surface area contributed by atoms with Crippen LogP contribution in [0.25, 0.3) is 0 Å². The summed E-state index contributed by atoms with van der Waals surface area (Å²) in [7, 11) is 5.63. The van der Waals surface area contributed by atoms with E-state index in [1.165, 1.54) is 0 Å². The molecule has 2 aromatic rings. The minimum Gasteiger partial charge on any atom is -0.457 e. The molecule has 14 heavy (non-hydrogen) atoms. The molecule has 0 bridgehead atoms. The van der Waals surface area contributed by atoms with Gasteiger partial charge in [0.1, 0.15) is 19.3 Å². The van der Waals surface area contributed by atoms with Crippen LogP contribution in [0, 0.1) is 0 Å². The summed E-state index contributed by atoms with van der Waals surface area (Å²) in [6.45, 7) is 0. The van der Waals surface area contributed by atoms with Crippen LogP contribution in [0.15, 0.2) is 54.6 Å². The highest BCUT2D eigenvalue weighted by Gasteiger charge is 1.94. The van der Waals surface area contributed by atoms with Gasteiger partial charge in [-0.1, -0.05) is 35.8 Å². The summed E-state index contributed by atoms with van der Waals surface area (Å²) in [5, 5.41) is 0. The van der Waals surface area contributed by atoms with Crippen LogP contribution in [-0.2, 0) is 0 Å². The van der Waals surface area contributed by atoms with Gasteiger partial charge >= 0.3 is 0 Å². The molecule has 2 heteroatoms. The minimum atomic E-state index is 0.707. The molecular weight excluding hydrogens is 171 g/mol. The Morgan fingerprint density at radius 1 is 0.786 bits per heavy atom. The largest absolute Gasteiger partial charge is 0.457 e. The third-order valence-corrected chi connectivity index (χ3v) is 1.84. The van der Waals surface area contributed by atoms with Crippen LogP contribution in [0.5, 0.6) is 11.5 Å². The van der Waals surface area contributed by atoms with Crippen molar-refractivity contribution >= 4 is 13.3 Å². The Labute approximate surface area is 84.8 Å². The summed E-state index contributed by atoms with van der Waals surface area (Å²) in [4.78, 5) is 0. The Hall–Kier alpha value is -1.70. The van der Waals surface area contributed by atoms with E-state index in [0.717, 1.165) is 11.5 Å². The van der Waals surface area contributed by atoms with Crippen LogP contribution in [-0.4, -0.2) is 7.85 Å². The summed E-state index contributed by atoms with van der Waals surface area (Å²) in [6.07, 6.45) is 0. The average molecular weight is 180 g/mol. The first kappa shape index (κ1) is 8.88. The van der Waals surface area contributed by atoms with Crippen molar-refractivity contribution in [3.8, 4) is 11.5 Å². The van der Waals surface area contributed by atoms with Crippen LogP contribution in [0.2, 0.25) is 0 Å². The van der Waals surface area contributed by atoms with Crippen molar-refractivity contribution in [2.75, 3.05) is 0 Å². The van der Waals surface area contributed by atoms with Gasteiger partial charge in [-0.15, -0.1) is 0 Å². The Morgan fingerprint density at radius 2 is 1.50 bits per heavy atom. The number of benzene rings is 2. The molecule has 0 aliphatic heterocycles. The normalized spacial score (nSPS) is 9.71. The predicted octanol–water partition coefficient (Wildman–Crippen LogP) is 2.27. The number of rotatable bonds is 2. The first-order valence-electron chi connectivity index (χ1n) is 4.43. The fraction of sp³-hybridized carbons (Fsp3) is 0. The molecule has 2 aromatic carbocycles. The van der Waals surface area contributed by atoms with E-state index in [1.807, 2.05) is 48.5 Å². The van der Waals surface area contributed by atoms with Gasteiger partial charge < -0.3 is 4.74 Å². The first-order valence-corrected chi connectivity index (χ1v) is 4.43. The SMILES string of the molecule is [B]c1cccc(Oc2ccccc2)c1. The van der Waals surface area contributed by atoms with E-state index in [2.05, 4.69) is 0 Å². The second-order valence-corrected chi connectivity index (χ2v) is 2.99. The summed E-state index contributed by atoms with van der Waals surface area (Å²) in [5.74, 6) is 1.58. The van der Waals surface area contributed by atoms with Gasteiger partial charge in [0.2, 0.25) is 0 Å². The third-order valence-electron chi connectivity index (χ3n) is 1.84. The second-order valence-electron chi connectivity index (χ2n) is 2.99. The highest BCUT2D eigenvalue weighted by Crippen LogP contribution is 2.18. The molecule has 0 N–H and O–H groups in total. The molecule has 2 radical (unpaired) electrons. The lowest BCUT2D eigenvalue weighted by molar-refractivity contribution is 0.483. The molecule has 66 valence electrons. The zero-order valence-electron chi connectivity index (χ0n) is 7.68. The Bertz CT molecular complexity index is 412. The summed E-state index contributed by atoms with van der Waals surface area (Å²) >= 11 is 0. The van der Waals surface area contributed by atoms with Gasteiger partial charge in [-0.25, -0.2) is 0 Å². The van der Waals surface area contributed by atoms with Gasteiger partial charge in [-0.2, -0.15) is 0 Å². The lowest BCUT2D eigenvalue weighted by Gasteiger charge is -2.05. The smallest absolute Gasteiger partial charge is 0.127 e. The summed E-state index contributed by atoms with van der Waals surface area (Å²) in [6, 6.07) is 17.0. The van der Waals surface area contributed by atoms with Gasteiger partial charge in [-0.05, 0) is 24.3 Å². The molecule has 0 heterocycles. The molecule has 0 amide bonds. The fourth-order valence-electron chi connectivity index (χ4n) is 1.20. The molecule has 0 unspecified atom stereocenters. The van der Waals surface area contributed by atoms with Crippen LogP contribution >= 0.6 is 0 Å². The third kappa shape index (κ3) is 2.16. The Balaban J connectivity index is 2.19. The van der Waals surface area contributed by atoms with Crippen LogP contribution in [0.3, 0.4) is 0 Å². The topological polar surface area (TPSA) is 9.23 Å². The van der Waals surface area contributed by atoms with Gasteiger partial charge in [0.05, 0.1) is 0 Å². The number of para-hydroxylation sites is 1. The number of ether oxygens (including phenoxy) is 1. The van der Waals surface area contributed by atoms with Crippen molar-refractivity contribution < 1.29 is 4.74 Å². The highest BCUT2D eigenvalue weighted by atomic mass is 16.5. The molecular formula is C12H9BO. The predicted molar refractivity (Wildman–Crippen MR) is 58.3 cm³/mol. The van der Waals surface area contributed by atoms with Crippen LogP contribution in [0.1, 0.15) is 0 Å². The van der Waals surface area contributed by atoms with Crippen molar-refractivity contribution in [3.05, 3.63) is 54.6 Å². The molecule has 0 aromatic heterocycles. The molecule has 0 aliphatic carbocycles. The maximum Gasteiger partial charge on any atom is 0.127 e. The molecule has 0 spiro atoms. The number of hydrogen-bond acceptors (Lipinski definition) is 1. The maximum atomic E-state index is 5.63. The monoisotopic (exact) mass is 180 g/mol. The molecule has 0 aliphatic rings. The first-order chi connectivity index (χ1) is 6.84. The number of hydrogen-bond donors (Lipinski definition) is 0. The van der Waals surface area contributed by atoms with Gasteiger partial charge in [0, 0.05) is 0 Å². The summed E-state index contributed by atoms with van der Waals surface area (Å²) < 4.78 is 5.58. The van der Waals surface area contributed by atoms with E-state index < -0.39 is 0 Å². The van der Waals surface area contributed by atoms with Crippen LogP contribution < -0.4 is 10.2 Å². The van der Waals surface area contributed by atoms with E-state index in [1.54, 1.807) is 6.07 Å². The van der Waals surface area contributed by atoms with Crippen molar-refractivity contribution in [1.29, 1.82) is 0 Å². The van der Waals surface area contributed by atoms with Crippen LogP contribution in [0.4, 0.5) is 0 Å². The van der Waals surface area contributed by atoms with Crippen molar-refractivity contribution in [3.63, 3.8) is 0 Å². The van der Waals surface area contributed by atoms with Crippen molar-refractivity contribution in [2.45, 2.75) is 0 Å². The quantitative estimate of drug-likeness (QED) is 0.644. The Kier molecular flexibility index (Phi) is 2.54. The second kappa shape index (κ2) is 4.01. The molecule has 0 atom stereocenters. The van der Waals surface area contributed by atoms with Crippen molar-refractivity contribution in [1.82, 2.24) is 0 Å². The molecule has 2 rings (SSSR count). The molecule has 0 saturated heterocycles. The lowest BCUT2D eigenvalue weighted by atomic mass is 9.96. The zero-order valence-corrected chi connectivity index (χ0v) is 7.68. The molecule has 0 saturated carbocycles. The maximum absolute atomic E-state index is 5.63. The summed E-state index contributed by atoms with van der Waals surface area (Å²) in [5.41, 5.74) is 0.707. The van der Waals surface area contributed by atoms with E-state index in [9.17, 15) is 0 Å². The molecule has 1 nitrogen and oxygen atoms in total. The van der Waals surface area contributed by atoms with E-state index >= 15 is 0 Å². The average Bonchev–Trinajstić information content (AvgIpc) is 2.19. The fourth-order valence-corrected chi connectivity index (χ4v) is 1.20. The van der Waals surface area contributed by atoms with Gasteiger partial charge in [-0.3, -0.25) is 0 Å². The van der Waals surface area contributed by atoms with Crippen molar-refractivity contribution in [2.24, 2.45) is 0 Å². The van der Waals surface area contributed by atoms with Gasteiger partial charge in [0.15, 0.2) is 0 Å². The van der Waals surface area contributed by atoms with Gasteiger partial charge in [0.25, 0.3) is 0 Å². The van der Waals surface area contributed by atoms with E-state index in [4.69, 9.17) is 12.6 Å². The minimum absolute atomic E-state index is 0.707. The van der Waals surface area contributed by atoms with E-state index in [0.29, 0.717) is 5.46 Å². The standard InChI is InChI=1S/C12H9BO/c13-10-5-4-8-12(9-10)14-11-6-2-1-3-7-11/h1-9H. The Morgan fingerprint density at radius 3 is 2.21 bits per heavy atom. The van der Waals surface area contributed by atoms with E-state index in [-0.39, 0.29) is 0 Å². The highest BCUT2D eigenvalue weighted by molar-refractivity contribution is 6.32. The molecule has 0 fully saturated rings.